The maximum absolute atomic E-state index is 11.6. The van der Waals surface area contributed by atoms with Crippen molar-refractivity contribution < 1.29 is 14.7 Å². The molecule has 0 aromatic rings. The highest BCUT2D eigenvalue weighted by atomic mass is 16.4. The van der Waals surface area contributed by atoms with Crippen LogP contribution in [0.1, 0.15) is 38.5 Å². The van der Waals surface area contributed by atoms with Gasteiger partial charge in [-0.3, -0.25) is 9.59 Å². The minimum atomic E-state index is -0.737. The molecular weight excluding hydrogens is 220 g/mol. The second-order valence-corrected chi connectivity index (χ2v) is 4.67. The van der Waals surface area contributed by atoms with E-state index in [1.54, 1.807) is 0 Å². The van der Waals surface area contributed by atoms with Crippen molar-refractivity contribution in [2.24, 2.45) is 5.92 Å². The summed E-state index contributed by atoms with van der Waals surface area (Å²) in [6.45, 7) is 0.829. The Bertz CT molecular complexity index is 268. The van der Waals surface area contributed by atoms with Gasteiger partial charge in [0.1, 0.15) is 0 Å². The van der Waals surface area contributed by atoms with Gasteiger partial charge in [-0.15, -0.1) is 0 Å². The number of hydrogen-bond donors (Lipinski definition) is 3. The van der Waals surface area contributed by atoms with Gasteiger partial charge in [0.15, 0.2) is 0 Å². The van der Waals surface area contributed by atoms with Gasteiger partial charge in [0.25, 0.3) is 0 Å². The molecule has 0 saturated heterocycles. The third-order valence-electron chi connectivity index (χ3n) is 3.22. The summed E-state index contributed by atoms with van der Waals surface area (Å²) in [5, 5.41) is 14.9. The van der Waals surface area contributed by atoms with Gasteiger partial charge in [-0.25, -0.2) is 0 Å². The second kappa shape index (κ2) is 7.27. The van der Waals surface area contributed by atoms with Crippen molar-refractivity contribution in [3.63, 3.8) is 0 Å². The molecule has 0 aliphatic heterocycles. The van der Waals surface area contributed by atoms with Crippen LogP contribution in [0, 0.1) is 5.92 Å². The number of nitrogens with one attached hydrogen (secondary N) is 2. The van der Waals surface area contributed by atoms with Gasteiger partial charge in [0, 0.05) is 12.5 Å². The van der Waals surface area contributed by atoms with Crippen molar-refractivity contribution in [3.8, 4) is 0 Å². The topological polar surface area (TPSA) is 78.4 Å². The lowest BCUT2D eigenvalue weighted by molar-refractivity contribution is -0.143. The highest BCUT2D eigenvalue weighted by Gasteiger charge is 2.27. The van der Waals surface area contributed by atoms with Crippen molar-refractivity contribution in [2.75, 3.05) is 13.6 Å². The fourth-order valence-corrected chi connectivity index (χ4v) is 2.27. The molecule has 0 heterocycles. The predicted molar refractivity (Wildman–Crippen MR) is 64.7 cm³/mol. The summed E-state index contributed by atoms with van der Waals surface area (Å²) in [5.41, 5.74) is 0. The van der Waals surface area contributed by atoms with E-state index in [9.17, 15) is 9.59 Å². The van der Waals surface area contributed by atoms with Crippen molar-refractivity contribution in [3.05, 3.63) is 0 Å². The number of carboxylic acids is 1. The Kier molecular flexibility index (Phi) is 5.97. The van der Waals surface area contributed by atoms with Crippen LogP contribution in [-0.2, 0) is 9.59 Å². The van der Waals surface area contributed by atoms with E-state index in [4.69, 9.17) is 5.11 Å². The summed E-state index contributed by atoms with van der Waals surface area (Å²) < 4.78 is 0. The lowest BCUT2D eigenvalue weighted by Gasteiger charge is -2.27. The first-order chi connectivity index (χ1) is 8.13. The molecule has 0 radical (unpaired) electrons. The minimum Gasteiger partial charge on any atom is -0.481 e. The van der Waals surface area contributed by atoms with E-state index in [-0.39, 0.29) is 17.9 Å². The third kappa shape index (κ3) is 5.17. The zero-order chi connectivity index (χ0) is 12.7. The molecule has 3 N–H and O–H groups in total. The van der Waals surface area contributed by atoms with Gasteiger partial charge < -0.3 is 15.7 Å². The maximum Gasteiger partial charge on any atom is 0.306 e. The van der Waals surface area contributed by atoms with Crippen molar-refractivity contribution in [1.82, 2.24) is 10.6 Å². The first-order valence-electron chi connectivity index (χ1n) is 6.30. The van der Waals surface area contributed by atoms with Gasteiger partial charge >= 0.3 is 5.97 Å². The van der Waals surface area contributed by atoms with E-state index in [0.717, 1.165) is 32.2 Å². The van der Waals surface area contributed by atoms with E-state index in [1.165, 1.54) is 0 Å². The smallest absolute Gasteiger partial charge is 0.306 e. The zero-order valence-electron chi connectivity index (χ0n) is 10.4. The van der Waals surface area contributed by atoms with E-state index in [2.05, 4.69) is 10.6 Å². The van der Waals surface area contributed by atoms with Gasteiger partial charge in [0.2, 0.25) is 5.91 Å². The number of carbonyl (C=O) groups is 2. The van der Waals surface area contributed by atoms with Gasteiger partial charge in [-0.1, -0.05) is 6.42 Å². The number of amides is 1. The summed E-state index contributed by atoms with van der Waals surface area (Å²) in [5.74, 6) is -0.984. The molecule has 1 aliphatic carbocycles. The number of carboxylic acid groups (broad SMARTS) is 1. The van der Waals surface area contributed by atoms with Gasteiger partial charge in [0.05, 0.1) is 5.92 Å². The van der Waals surface area contributed by atoms with E-state index in [0.29, 0.717) is 12.8 Å². The molecule has 1 fully saturated rings. The first-order valence-corrected chi connectivity index (χ1v) is 6.30. The standard InChI is InChI=1S/C12H22N2O3/c1-13-7-3-6-11(15)14-10-5-2-4-9(8-10)12(16)17/h9-10,13H,2-8H2,1H3,(H,14,15)(H,16,17). The lowest BCUT2D eigenvalue weighted by Crippen LogP contribution is -2.40. The Morgan fingerprint density at radius 1 is 1.35 bits per heavy atom. The number of hydrogen-bond acceptors (Lipinski definition) is 3. The molecular formula is C12H22N2O3. The number of rotatable bonds is 6. The third-order valence-corrected chi connectivity index (χ3v) is 3.22. The van der Waals surface area contributed by atoms with Crippen LogP contribution in [0.4, 0.5) is 0 Å². The summed E-state index contributed by atoms with van der Waals surface area (Å²) in [6, 6.07) is 0.0481. The molecule has 1 saturated carbocycles. The number of carbonyl (C=O) groups excluding carboxylic acids is 1. The van der Waals surface area contributed by atoms with Crippen molar-refractivity contribution >= 4 is 11.9 Å². The Labute approximate surface area is 102 Å². The summed E-state index contributed by atoms with van der Waals surface area (Å²) in [6.07, 6.45) is 4.43. The van der Waals surface area contributed by atoms with Crippen LogP contribution in [0.25, 0.3) is 0 Å². The Hall–Kier alpha value is -1.10. The van der Waals surface area contributed by atoms with Gasteiger partial charge in [-0.2, -0.15) is 0 Å². The van der Waals surface area contributed by atoms with Crippen LogP contribution in [-0.4, -0.2) is 36.6 Å². The highest BCUT2D eigenvalue weighted by molar-refractivity contribution is 5.76. The Morgan fingerprint density at radius 2 is 2.12 bits per heavy atom. The van der Waals surface area contributed by atoms with E-state index >= 15 is 0 Å². The highest BCUT2D eigenvalue weighted by Crippen LogP contribution is 2.24. The van der Waals surface area contributed by atoms with Crippen molar-refractivity contribution in [2.45, 2.75) is 44.6 Å². The molecule has 1 aliphatic rings. The van der Waals surface area contributed by atoms with Crippen LogP contribution in [0.15, 0.2) is 0 Å². The molecule has 1 rings (SSSR count). The fourth-order valence-electron chi connectivity index (χ4n) is 2.27. The molecule has 98 valence electrons. The van der Waals surface area contributed by atoms with Crippen molar-refractivity contribution in [1.29, 1.82) is 0 Å². The molecule has 17 heavy (non-hydrogen) atoms. The average molecular weight is 242 g/mol. The SMILES string of the molecule is CNCCCC(=O)NC1CCCC(C(=O)O)C1. The van der Waals surface area contributed by atoms with Crippen LogP contribution < -0.4 is 10.6 Å². The van der Waals surface area contributed by atoms with E-state index < -0.39 is 5.97 Å². The van der Waals surface area contributed by atoms with Crippen LogP contribution in [0.5, 0.6) is 0 Å². The molecule has 0 aromatic heterocycles. The fraction of sp³-hybridized carbons (Fsp3) is 0.833. The lowest BCUT2D eigenvalue weighted by atomic mass is 9.86. The predicted octanol–water partition coefficient (Wildman–Crippen LogP) is 0.746. The molecule has 2 atom stereocenters. The molecule has 5 heteroatoms. The largest absolute Gasteiger partial charge is 0.481 e. The zero-order valence-corrected chi connectivity index (χ0v) is 10.4. The second-order valence-electron chi connectivity index (χ2n) is 4.67. The maximum atomic E-state index is 11.6. The normalized spacial score (nSPS) is 24.3. The molecule has 0 bridgehead atoms. The van der Waals surface area contributed by atoms with Gasteiger partial charge in [-0.05, 0) is 39.3 Å². The van der Waals surface area contributed by atoms with E-state index in [1.807, 2.05) is 7.05 Å². The molecule has 0 spiro atoms. The first kappa shape index (κ1) is 14.0. The molecule has 0 aromatic carbocycles. The Balaban J connectivity index is 2.26. The quantitative estimate of drug-likeness (QED) is 0.600. The average Bonchev–Trinajstić information content (AvgIpc) is 2.29. The Morgan fingerprint density at radius 3 is 2.76 bits per heavy atom. The summed E-state index contributed by atoms with van der Waals surface area (Å²) in [4.78, 5) is 22.5. The molecule has 1 amide bonds. The monoisotopic (exact) mass is 242 g/mol. The van der Waals surface area contributed by atoms with Crippen LogP contribution >= 0.6 is 0 Å². The minimum absolute atomic E-state index is 0.0382. The molecule has 2 unspecified atom stereocenters. The van der Waals surface area contributed by atoms with Crippen LogP contribution in [0.3, 0.4) is 0 Å². The number of aliphatic carboxylic acids is 1. The summed E-state index contributed by atoms with van der Waals surface area (Å²) >= 11 is 0. The summed E-state index contributed by atoms with van der Waals surface area (Å²) in [7, 11) is 1.86. The van der Waals surface area contributed by atoms with Crippen LogP contribution in [0.2, 0.25) is 0 Å². The molecule has 5 nitrogen and oxygen atoms in total.